The Hall–Kier alpha value is -1.89. The highest BCUT2D eigenvalue weighted by Gasteiger charge is 2.09. The van der Waals surface area contributed by atoms with Crippen LogP contribution in [0, 0.1) is 0 Å². The van der Waals surface area contributed by atoms with Crippen LogP contribution in [0.1, 0.15) is 28.6 Å². The van der Waals surface area contributed by atoms with Gasteiger partial charge in [0.2, 0.25) is 5.91 Å². The maximum Gasteiger partial charge on any atom is 0.261 e. The minimum atomic E-state index is -0.139. The molecule has 0 aliphatic rings. The molecule has 2 rings (SSSR count). The Bertz CT molecular complexity index is 647. The van der Waals surface area contributed by atoms with Crippen molar-refractivity contribution in [1.82, 2.24) is 10.6 Å². The minimum Gasteiger partial charge on any atom is -0.351 e. The zero-order valence-electron chi connectivity index (χ0n) is 13.5. The van der Waals surface area contributed by atoms with Gasteiger partial charge in [-0.05, 0) is 29.6 Å². The number of amides is 2. The van der Waals surface area contributed by atoms with Crippen molar-refractivity contribution in [3.8, 4) is 0 Å². The number of anilines is 1. The first-order chi connectivity index (χ1) is 11.2. The minimum absolute atomic E-state index is 0. The van der Waals surface area contributed by atoms with Crippen molar-refractivity contribution in [3.63, 3.8) is 0 Å². The second-order valence-corrected chi connectivity index (χ2v) is 5.92. The average molecular weight is 368 g/mol. The molecule has 3 N–H and O–H groups in total. The summed E-state index contributed by atoms with van der Waals surface area (Å²) in [6.45, 7) is 3.94. The molecule has 0 unspecified atom stereocenters. The van der Waals surface area contributed by atoms with Crippen molar-refractivity contribution in [3.05, 3.63) is 52.2 Å². The summed E-state index contributed by atoms with van der Waals surface area (Å²) in [5.41, 5.74) is 1.85. The summed E-state index contributed by atoms with van der Waals surface area (Å²) in [6.07, 6.45) is 0.243. The predicted molar refractivity (Wildman–Crippen MR) is 101 cm³/mol. The number of rotatable bonds is 8. The second-order valence-electron chi connectivity index (χ2n) is 4.97. The molecular formula is C17H22ClN3O2S. The summed E-state index contributed by atoms with van der Waals surface area (Å²) >= 11 is 1.38. The third-order valence-corrected chi connectivity index (χ3v) is 4.11. The van der Waals surface area contributed by atoms with E-state index >= 15 is 0 Å². The van der Waals surface area contributed by atoms with Gasteiger partial charge in [0.1, 0.15) is 0 Å². The highest BCUT2D eigenvalue weighted by Crippen LogP contribution is 2.15. The molecule has 0 aliphatic carbocycles. The molecule has 0 bridgehead atoms. The van der Waals surface area contributed by atoms with E-state index in [0.717, 1.165) is 17.8 Å². The Kier molecular flexibility index (Phi) is 9.07. The molecule has 0 fully saturated rings. The Balaban J connectivity index is 0.00000288. The standard InChI is InChI=1S/C17H21N3O2S.ClH/c1-2-18-12-13-6-3-4-7-14(13)20-16(21)9-10-19-17(22)15-8-5-11-23-15;/h3-8,11,18H,2,9-10,12H2,1H3,(H,19,22)(H,20,21);1H. The SMILES string of the molecule is CCNCc1ccccc1NC(=O)CCNC(=O)c1cccs1.Cl. The van der Waals surface area contributed by atoms with E-state index in [1.165, 1.54) is 11.3 Å². The summed E-state index contributed by atoms with van der Waals surface area (Å²) in [5.74, 6) is -0.249. The number of nitrogens with one attached hydrogen (secondary N) is 3. The number of benzene rings is 1. The fraction of sp³-hybridized carbons (Fsp3) is 0.294. The lowest BCUT2D eigenvalue weighted by Crippen LogP contribution is -2.27. The van der Waals surface area contributed by atoms with Gasteiger partial charge in [-0.2, -0.15) is 0 Å². The molecule has 1 heterocycles. The first-order valence-corrected chi connectivity index (χ1v) is 8.49. The molecule has 24 heavy (non-hydrogen) atoms. The van der Waals surface area contributed by atoms with E-state index in [4.69, 9.17) is 0 Å². The van der Waals surface area contributed by atoms with Gasteiger partial charge in [-0.3, -0.25) is 9.59 Å². The Morgan fingerprint density at radius 2 is 1.92 bits per heavy atom. The number of halogens is 1. The van der Waals surface area contributed by atoms with Crippen LogP contribution in [-0.4, -0.2) is 24.9 Å². The van der Waals surface area contributed by atoms with Gasteiger partial charge in [0, 0.05) is 25.2 Å². The molecule has 0 saturated heterocycles. The molecule has 0 radical (unpaired) electrons. The third-order valence-electron chi connectivity index (χ3n) is 3.24. The molecule has 0 atom stereocenters. The quantitative estimate of drug-likeness (QED) is 0.671. The first kappa shape index (κ1) is 20.2. The van der Waals surface area contributed by atoms with E-state index < -0.39 is 0 Å². The molecule has 0 spiro atoms. The number of para-hydroxylation sites is 1. The van der Waals surface area contributed by atoms with E-state index in [2.05, 4.69) is 16.0 Å². The fourth-order valence-corrected chi connectivity index (χ4v) is 2.69. The second kappa shape index (κ2) is 10.8. The highest BCUT2D eigenvalue weighted by molar-refractivity contribution is 7.12. The van der Waals surface area contributed by atoms with E-state index in [1.54, 1.807) is 6.07 Å². The van der Waals surface area contributed by atoms with Crippen LogP contribution in [0.25, 0.3) is 0 Å². The predicted octanol–water partition coefficient (Wildman–Crippen LogP) is 3.04. The highest BCUT2D eigenvalue weighted by atomic mass is 35.5. The van der Waals surface area contributed by atoms with Crippen molar-refractivity contribution in [1.29, 1.82) is 0 Å². The molecule has 7 heteroatoms. The topological polar surface area (TPSA) is 70.2 Å². The molecule has 1 aromatic heterocycles. The Morgan fingerprint density at radius 3 is 2.62 bits per heavy atom. The Morgan fingerprint density at radius 1 is 1.12 bits per heavy atom. The zero-order chi connectivity index (χ0) is 16.5. The van der Waals surface area contributed by atoms with Gasteiger partial charge in [0.05, 0.1) is 4.88 Å². The average Bonchev–Trinajstić information content (AvgIpc) is 3.08. The lowest BCUT2D eigenvalue weighted by molar-refractivity contribution is -0.116. The molecule has 0 saturated carbocycles. The van der Waals surface area contributed by atoms with Gasteiger partial charge < -0.3 is 16.0 Å². The van der Waals surface area contributed by atoms with Crippen LogP contribution in [0.4, 0.5) is 5.69 Å². The Labute approximate surface area is 152 Å². The van der Waals surface area contributed by atoms with Crippen molar-refractivity contribution < 1.29 is 9.59 Å². The van der Waals surface area contributed by atoms with Crippen LogP contribution >= 0.6 is 23.7 Å². The van der Waals surface area contributed by atoms with Crippen molar-refractivity contribution in [2.45, 2.75) is 19.9 Å². The van der Waals surface area contributed by atoms with Crippen LogP contribution < -0.4 is 16.0 Å². The van der Waals surface area contributed by atoms with Crippen molar-refractivity contribution in [2.75, 3.05) is 18.4 Å². The van der Waals surface area contributed by atoms with Crippen LogP contribution in [0.2, 0.25) is 0 Å². The van der Waals surface area contributed by atoms with Crippen molar-refractivity contribution in [2.24, 2.45) is 0 Å². The monoisotopic (exact) mass is 367 g/mol. The smallest absolute Gasteiger partial charge is 0.261 e. The summed E-state index contributed by atoms with van der Waals surface area (Å²) in [4.78, 5) is 24.5. The number of hydrogen-bond acceptors (Lipinski definition) is 4. The third kappa shape index (κ3) is 6.31. The van der Waals surface area contributed by atoms with Gasteiger partial charge in [-0.25, -0.2) is 0 Å². The summed E-state index contributed by atoms with van der Waals surface area (Å²) in [5, 5.41) is 10.7. The van der Waals surface area contributed by atoms with Gasteiger partial charge in [-0.15, -0.1) is 23.7 Å². The van der Waals surface area contributed by atoms with Gasteiger partial charge in [-0.1, -0.05) is 31.2 Å². The normalized spacial score (nSPS) is 9.88. The van der Waals surface area contributed by atoms with Gasteiger partial charge in [0.25, 0.3) is 5.91 Å². The molecule has 5 nitrogen and oxygen atoms in total. The fourth-order valence-electron chi connectivity index (χ4n) is 2.05. The lowest BCUT2D eigenvalue weighted by atomic mass is 10.1. The maximum absolute atomic E-state index is 12.0. The lowest BCUT2D eigenvalue weighted by Gasteiger charge is -2.11. The van der Waals surface area contributed by atoms with Crippen LogP contribution in [0.5, 0.6) is 0 Å². The van der Waals surface area contributed by atoms with Crippen LogP contribution in [-0.2, 0) is 11.3 Å². The number of hydrogen-bond donors (Lipinski definition) is 3. The number of carbonyl (C=O) groups is 2. The van der Waals surface area contributed by atoms with Crippen molar-refractivity contribution >= 4 is 41.2 Å². The van der Waals surface area contributed by atoms with E-state index in [1.807, 2.05) is 42.6 Å². The van der Waals surface area contributed by atoms with E-state index in [9.17, 15) is 9.59 Å². The molecule has 2 aromatic rings. The van der Waals surface area contributed by atoms with Crippen LogP contribution in [0.15, 0.2) is 41.8 Å². The maximum atomic E-state index is 12.0. The number of thiophene rings is 1. The van der Waals surface area contributed by atoms with E-state index in [0.29, 0.717) is 18.0 Å². The molecule has 130 valence electrons. The summed E-state index contributed by atoms with van der Waals surface area (Å²) < 4.78 is 0. The summed E-state index contributed by atoms with van der Waals surface area (Å²) in [6, 6.07) is 11.3. The molecule has 1 aromatic carbocycles. The first-order valence-electron chi connectivity index (χ1n) is 7.61. The van der Waals surface area contributed by atoms with Crippen LogP contribution in [0.3, 0.4) is 0 Å². The van der Waals surface area contributed by atoms with E-state index in [-0.39, 0.29) is 30.6 Å². The van der Waals surface area contributed by atoms with Gasteiger partial charge >= 0.3 is 0 Å². The number of carbonyl (C=O) groups excluding carboxylic acids is 2. The summed E-state index contributed by atoms with van der Waals surface area (Å²) in [7, 11) is 0. The zero-order valence-corrected chi connectivity index (χ0v) is 15.1. The van der Waals surface area contributed by atoms with Gasteiger partial charge in [0.15, 0.2) is 0 Å². The molecule has 0 aliphatic heterocycles. The largest absolute Gasteiger partial charge is 0.351 e. The molecule has 2 amide bonds. The molecular weight excluding hydrogens is 346 g/mol.